The summed E-state index contributed by atoms with van der Waals surface area (Å²) < 4.78 is 0.163. The molecule has 4 bridgehead atoms. The van der Waals surface area contributed by atoms with Crippen LogP contribution in [0.3, 0.4) is 0 Å². The van der Waals surface area contributed by atoms with E-state index in [9.17, 15) is 4.79 Å². The molecule has 0 heterocycles. The monoisotopic (exact) mass is 629 g/mol. The number of hydrogen-bond donors (Lipinski definition) is 0. The molecular formula is C20H27Br4NO2. The Bertz CT molecular complexity index is 725. The zero-order chi connectivity index (χ0) is 20.0. The van der Waals surface area contributed by atoms with Gasteiger partial charge in [-0.3, -0.25) is 0 Å². The summed E-state index contributed by atoms with van der Waals surface area (Å²) in [5.74, 6) is 0.464. The quantitative estimate of drug-likeness (QED) is 0.195. The molecule has 0 radical (unpaired) electrons. The van der Waals surface area contributed by atoms with Gasteiger partial charge in [-0.1, -0.05) is 96.6 Å². The number of hydrogen-bond acceptors (Lipinski definition) is 3. The minimum Gasteiger partial charge on any atom is -0.318 e. The Labute approximate surface area is 195 Å². The van der Waals surface area contributed by atoms with Gasteiger partial charge in [0.15, 0.2) is 0 Å². The molecule has 3 nitrogen and oxygen atoms in total. The van der Waals surface area contributed by atoms with Crippen molar-refractivity contribution in [2.75, 3.05) is 5.33 Å². The van der Waals surface area contributed by atoms with Gasteiger partial charge in [-0.05, 0) is 48.9 Å². The maximum absolute atomic E-state index is 13.3. The van der Waals surface area contributed by atoms with Crippen LogP contribution in [0.2, 0.25) is 0 Å². The summed E-state index contributed by atoms with van der Waals surface area (Å²) >= 11 is 15.0. The van der Waals surface area contributed by atoms with Crippen LogP contribution in [0.15, 0.2) is 5.16 Å². The number of nitrogens with zero attached hydrogens (tertiary/aromatic N) is 1. The van der Waals surface area contributed by atoms with Crippen molar-refractivity contribution in [3.8, 4) is 0 Å². The molecule has 152 valence electrons. The van der Waals surface area contributed by atoms with Crippen LogP contribution >= 0.6 is 63.7 Å². The molecule has 0 spiro atoms. The van der Waals surface area contributed by atoms with Gasteiger partial charge in [0.1, 0.15) is 0 Å². The molecule has 6 atom stereocenters. The SMILES string of the molecule is CC12CCC(C/C1=N\OC(=O)C13CCC(C(Br)Br)(C1Br)C3(C)C)C2(C)CBr. The van der Waals surface area contributed by atoms with Gasteiger partial charge in [0.05, 0.1) is 14.9 Å². The highest BCUT2D eigenvalue weighted by molar-refractivity contribution is 9.24. The second kappa shape index (κ2) is 6.29. The normalized spacial score (nSPS) is 51.1. The van der Waals surface area contributed by atoms with Gasteiger partial charge in [0, 0.05) is 21.0 Å². The summed E-state index contributed by atoms with van der Waals surface area (Å²) in [6, 6.07) is 0. The highest BCUT2D eigenvalue weighted by Crippen LogP contribution is 2.82. The van der Waals surface area contributed by atoms with E-state index in [1.54, 1.807) is 0 Å². The summed E-state index contributed by atoms with van der Waals surface area (Å²) in [7, 11) is 0. The molecule has 5 aliphatic carbocycles. The van der Waals surface area contributed by atoms with Crippen LogP contribution in [0.25, 0.3) is 0 Å². The third kappa shape index (κ3) is 2.14. The summed E-state index contributed by atoms with van der Waals surface area (Å²) in [6.07, 6.45) is 5.16. The lowest BCUT2D eigenvalue weighted by atomic mass is 9.43. The van der Waals surface area contributed by atoms with Gasteiger partial charge in [0.25, 0.3) is 0 Å². The topological polar surface area (TPSA) is 38.7 Å². The predicted molar refractivity (Wildman–Crippen MR) is 123 cm³/mol. The first-order chi connectivity index (χ1) is 12.5. The maximum Gasteiger partial charge on any atom is 0.342 e. The molecule has 5 saturated carbocycles. The summed E-state index contributed by atoms with van der Waals surface area (Å²) in [5.41, 5.74) is 0.646. The van der Waals surface area contributed by atoms with Crippen molar-refractivity contribution in [1.82, 2.24) is 0 Å². The van der Waals surface area contributed by atoms with Crippen LogP contribution in [-0.2, 0) is 9.63 Å². The molecule has 0 aromatic rings. The Morgan fingerprint density at radius 1 is 1.22 bits per heavy atom. The Balaban J connectivity index is 1.58. The first kappa shape index (κ1) is 21.3. The molecular weight excluding hydrogens is 606 g/mol. The van der Waals surface area contributed by atoms with Crippen LogP contribution in [-0.4, -0.2) is 25.6 Å². The summed E-state index contributed by atoms with van der Waals surface area (Å²) in [4.78, 5) is 19.1. The fourth-order valence-corrected chi connectivity index (χ4v) is 13.0. The van der Waals surface area contributed by atoms with Crippen LogP contribution in [0.4, 0.5) is 0 Å². The first-order valence-corrected chi connectivity index (χ1v) is 13.6. The van der Waals surface area contributed by atoms with Crippen molar-refractivity contribution in [1.29, 1.82) is 0 Å². The van der Waals surface area contributed by atoms with Crippen LogP contribution < -0.4 is 0 Å². The van der Waals surface area contributed by atoms with Crippen molar-refractivity contribution >= 4 is 75.4 Å². The average Bonchev–Trinajstić information content (AvgIpc) is 3.23. The lowest BCUT2D eigenvalue weighted by molar-refractivity contribution is -0.186. The second-order valence-electron chi connectivity index (χ2n) is 10.0. The molecule has 5 rings (SSSR count). The molecule has 0 N–H and O–H groups in total. The van der Waals surface area contributed by atoms with E-state index in [0.29, 0.717) is 5.92 Å². The summed E-state index contributed by atoms with van der Waals surface area (Å²) in [6.45, 7) is 9.04. The standard InChI is InChI=1S/C20H27Br4NO2/c1-16(2)19(14(23)24)7-8-20(16,13(19)22)15(26)27-25-12-9-11-5-6-17(12,3)18(11,4)10-21/h11,13-14H,5-10H2,1-4H3/b25-12+. The van der Waals surface area contributed by atoms with Gasteiger partial charge in [-0.2, -0.15) is 0 Å². The highest BCUT2D eigenvalue weighted by atomic mass is 79.9. The molecule has 7 heteroatoms. The van der Waals surface area contributed by atoms with E-state index in [0.717, 1.165) is 36.7 Å². The van der Waals surface area contributed by atoms with Crippen LogP contribution in [0, 0.1) is 33.0 Å². The zero-order valence-corrected chi connectivity index (χ0v) is 22.6. The van der Waals surface area contributed by atoms with Crippen LogP contribution in [0.5, 0.6) is 0 Å². The Morgan fingerprint density at radius 2 is 1.89 bits per heavy atom. The number of carbonyl (C=O) groups excluding carboxylic acids is 1. The number of halogens is 4. The van der Waals surface area contributed by atoms with E-state index in [-0.39, 0.29) is 36.2 Å². The predicted octanol–water partition coefficient (Wildman–Crippen LogP) is 6.79. The van der Waals surface area contributed by atoms with Gasteiger partial charge >= 0.3 is 5.97 Å². The molecule has 0 aromatic carbocycles. The maximum atomic E-state index is 13.3. The Kier molecular flexibility index (Phi) is 4.96. The number of alkyl halides is 4. The van der Waals surface area contributed by atoms with Gasteiger partial charge in [-0.25, -0.2) is 4.79 Å². The van der Waals surface area contributed by atoms with Crippen molar-refractivity contribution in [3.63, 3.8) is 0 Å². The Morgan fingerprint density at radius 3 is 2.37 bits per heavy atom. The molecule has 6 unspecified atom stereocenters. The number of carbonyl (C=O) groups is 1. The molecule has 5 fully saturated rings. The molecule has 0 amide bonds. The van der Waals surface area contributed by atoms with E-state index in [4.69, 9.17) is 4.84 Å². The third-order valence-corrected chi connectivity index (χ3v) is 14.0. The molecule has 0 saturated heterocycles. The number of rotatable bonds is 4. The van der Waals surface area contributed by atoms with E-state index >= 15 is 0 Å². The molecule has 0 aromatic heterocycles. The number of fused-ring (bicyclic) bond motifs is 3. The Hall–Kier alpha value is 1.06. The highest BCUT2D eigenvalue weighted by Gasteiger charge is 2.84. The minimum atomic E-state index is -0.506. The fraction of sp³-hybridized carbons (Fsp3) is 0.900. The minimum absolute atomic E-state index is 0.00606. The lowest BCUT2D eigenvalue weighted by Gasteiger charge is -2.65. The van der Waals surface area contributed by atoms with Crippen molar-refractivity contribution < 1.29 is 9.63 Å². The zero-order valence-electron chi connectivity index (χ0n) is 16.3. The number of oxime groups is 1. The molecule has 0 aliphatic heterocycles. The summed E-state index contributed by atoms with van der Waals surface area (Å²) in [5, 5.41) is 5.47. The third-order valence-electron chi connectivity index (χ3n) is 9.60. The lowest BCUT2D eigenvalue weighted by Crippen LogP contribution is -2.70. The smallest absolute Gasteiger partial charge is 0.318 e. The molecule has 27 heavy (non-hydrogen) atoms. The van der Waals surface area contributed by atoms with Crippen molar-refractivity contribution in [2.45, 2.75) is 68.4 Å². The second-order valence-corrected chi connectivity index (χ2v) is 14.6. The van der Waals surface area contributed by atoms with Crippen molar-refractivity contribution in [2.24, 2.45) is 38.1 Å². The van der Waals surface area contributed by atoms with Gasteiger partial charge in [-0.15, -0.1) is 0 Å². The van der Waals surface area contributed by atoms with E-state index in [2.05, 4.69) is 96.6 Å². The average molecular weight is 633 g/mol. The molecule has 5 aliphatic rings. The van der Waals surface area contributed by atoms with Crippen LogP contribution in [0.1, 0.15) is 59.8 Å². The van der Waals surface area contributed by atoms with E-state index in [1.165, 1.54) is 6.42 Å². The fourth-order valence-electron chi connectivity index (χ4n) is 7.00. The van der Waals surface area contributed by atoms with E-state index < -0.39 is 5.41 Å². The largest absolute Gasteiger partial charge is 0.342 e. The van der Waals surface area contributed by atoms with Gasteiger partial charge in [0.2, 0.25) is 0 Å². The first-order valence-electron chi connectivity index (χ1n) is 9.73. The van der Waals surface area contributed by atoms with Gasteiger partial charge < -0.3 is 4.84 Å². The van der Waals surface area contributed by atoms with E-state index in [1.807, 2.05) is 0 Å². The van der Waals surface area contributed by atoms with Crippen molar-refractivity contribution in [3.05, 3.63) is 0 Å².